The predicted octanol–water partition coefficient (Wildman–Crippen LogP) is 1.12. The van der Waals surface area contributed by atoms with Gasteiger partial charge in [0.1, 0.15) is 5.75 Å². The van der Waals surface area contributed by atoms with E-state index in [0.29, 0.717) is 31.0 Å². The Morgan fingerprint density at radius 2 is 2.04 bits per heavy atom. The first-order chi connectivity index (χ1) is 12.0. The van der Waals surface area contributed by atoms with E-state index in [1.165, 1.54) is 4.90 Å². The van der Waals surface area contributed by atoms with Gasteiger partial charge in [-0.05, 0) is 24.3 Å². The number of hydrogen-bond donors (Lipinski definition) is 2. The fraction of sp³-hybridized carbons (Fsp3) is 0.471. The highest BCUT2D eigenvalue weighted by molar-refractivity contribution is 5.90. The minimum atomic E-state index is -0.973. The molecule has 2 amide bonds. The number of morpholine rings is 1. The van der Waals surface area contributed by atoms with Crippen molar-refractivity contribution >= 4 is 23.5 Å². The van der Waals surface area contributed by atoms with Crippen molar-refractivity contribution in [1.29, 1.82) is 0 Å². The molecule has 1 saturated heterocycles. The smallest absolute Gasteiger partial charge is 0.305 e. The number of ether oxygens (including phenoxy) is 2. The molecule has 136 valence electrons. The fourth-order valence-electron chi connectivity index (χ4n) is 2.47. The topological polar surface area (TPSA) is 105 Å². The third-order valence-electron chi connectivity index (χ3n) is 3.78. The minimum absolute atomic E-state index is 0.0827. The van der Waals surface area contributed by atoms with E-state index in [1.807, 2.05) is 0 Å². The van der Waals surface area contributed by atoms with Crippen LogP contribution >= 0.6 is 0 Å². The van der Waals surface area contributed by atoms with Crippen LogP contribution in [0.5, 0.6) is 5.75 Å². The van der Waals surface area contributed by atoms with Crippen molar-refractivity contribution < 1.29 is 29.0 Å². The van der Waals surface area contributed by atoms with Gasteiger partial charge in [-0.2, -0.15) is 0 Å². The van der Waals surface area contributed by atoms with Crippen molar-refractivity contribution in [2.24, 2.45) is 0 Å². The molecular weight excluding hydrogens is 328 g/mol. The van der Waals surface area contributed by atoms with Gasteiger partial charge in [0.15, 0.2) is 6.61 Å². The van der Waals surface area contributed by atoms with Gasteiger partial charge in [0.2, 0.25) is 5.91 Å². The SMILES string of the molecule is CCC(=O)Nc1ccc(OCC(=O)N2CCOC[C@H]2CC(=O)O)cc1. The molecule has 1 aromatic carbocycles. The van der Waals surface area contributed by atoms with Crippen LogP contribution in [0.4, 0.5) is 5.69 Å². The van der Waals surface area contributed by atoms with Gasteiger partial charge < -0.3 is 24.8 Å². The second kappa shape index (κ2) is 9.03. The molecule has 1 heterocycles. The summed E-state index contributed by atoms with van der Waals surface area (Å²) >= 11 is 0. The highest BCUT2D eigenvalue weighted by Gasteiger charge is 2.29. The number of carbonyl (C=O) groups is 3. The molecule has 0 saturated carbocycles. The lowest BCUT2D eigenvalue weighted by Gasteiger charge is -2.34. The fourth-order valence-corrected chi connectivity index (χ4v) is 2.47. The molecule has 8 nitrogen and oxygen atoms in total. The first-order valence-corrected chi connectivity index (χ1v) is 8.11. The van der Waals surface area contributed by atoms with E-state index in [-0.39, 0.29) is 31.4 Å². The molecule has 1 aliphatic heterocycles. The largest absolute Gasteiger partial charge is 0.484 e. The summed E-state index contributed by atoms with van der Waals surface area (Å²) in [5, 5.41) is 11.6. The van der Waals surface area contributed by atoms with Crippen LogP contribution in [-0.4, -0.2) is 60.2 Å². The molecule has 8 heteroatoms. The lowest BCUT2D eigenvalue weighted by Crippen LogP contribution is -2.51. The molecule has 2 N–H and O–H groups in total. The Labute approximate surface area is 145 Å². The zero-order valence-corrected chi connectivity index (χ0v) is 14.1. The van der Waals surface area contributed by atoms with Crippen molar-refractivity contribution in [3.05, 3.63) is 24.3 Å². The summed E-state index contributed by atoms with van der Waals surface area (Å²) in [5.41, 5.74) is 0.653. The Bertz CT molecular complexity index is 616. The number of nitrogens with one attached hydrogen (secondary N) is 1. The molecule has 0 radical (unpaired) electrons. The van der Waals surface area contributed by atoms with E-state index < -0.39 is 12.0 Å². The van der Waals surface area contributed by atoms with Gasteiger partial charge in [-0.1, -0.05) is 6.92 Å². The van der Waals surface area contributed by atoms with E-state index in [2.05, 4.69) is 5.32 Å². The number of rotatable bonds is 7. The van der Waals surface area contributed by atoms with Crippen LogP contribution in [0.15, 0.2) is 24.3 Å². The third-order valence-corrected chi connectivity index (χ3v) is 3.78. The van der Waals surface area contributed by atoms with Crippen molar-refractivity contribution in [3.63, 3.8) is 0 Å². The number of carboxylic acid groups (broad SMARTS) is 1. The highest BCUT2D eigenvalue weighted by Crippen LogP contribution is 2.17. The van der Waals surface area contributed by atoms with Gasteiger partial charge in [0, 0.05) is 18.7 Å². The third kappa shape index (κ3) is 5.75. The van der Waals surface area contributed by atoms with Crippen LogP contribution in [0.25, 0.3) is 0 Å². The standard InChI is InChI=1S/C17H22N2O6/c1-2-15(20)18-12-3-5-14(6-4-12)25-11-16(21)19-7-8-24-10-13(19)9-17(22)23/h3-6,13H,2,7-11H2,1H3,(H,18,20)(H,22,23)/t13-/m1/s1. The molecule has 1 aliphatic rings. The Balaban J connectivity index is 1.87. The summed E-state index contributed by atoms with van der Waals surface area (Å²) in [6.45, 7) is 2.53. The number of carboxylic acids is 1. The number of aliphatic carboxylic acids is 1. The van der Waals surface area contributed by atoms with E-state index in [4.69, 9.17) is 14.6 Å². The zero-order chi connectivity index (χ0) is 18.2. The lowest BCUT2D eigenvalue weighted by molar-refractivity contribution is -0.147. The molecule has 25 heavy (non-hydrogen) atoms. The van der Waals surface area contributed by atoms with E-state index in [0.717, 1.165) is 0 Å². The lowest BCUT2D eigenvalue weighted by atomic mass is 10.1. The van der Waals surface area contributed by atoms with Gasteiger partial charge in [0.05, 0.1) is 25.7 Å². The summed E-state index contributed by atoms with van der Waals surface area (Å²) in [7, 11) is 0. The molecular formula is C17H22N2O6. The summed E-state index contributed by atoms with van der Waals surface area (Å²) in [4.78, 5) is 36.0. The van der Waals surface area contributed by atoms with Crippen molar-refractivity contribution in [2.75, 3.05) is 31.7 Å². The van der Waals surface area contributed by atoms with Crippen LogP contribution in [0.3, 0.4) is 0 Å². The van der Waals surface area contributed by atoms with Crippen molar-refractivity contribution in [3.8, 4) is 5.75 Å². The maximum atomic E-state index is 12.3. The van der Waals surface area contributed by atoms with Crippen LogP contribution in [-0.2, 0) is 19.1 Å². The van der Waals surface area contributed by atoms with Crippen LogP contribution in [0.2, 0.25) is 0 Å². The molecule has 2 rings (SSSR count). The minimum Gasteiger partial charge on any atom is -0.484 e. The first kappa shape index (κ1) is 18.7. The van der Waals surface area contributed by atoms with Crippen molar-refractivity contribution in [1.82, 2.24) is 4.90 Å². The quantitative estimate of drug-likeness (QED) is 0.763. The Morgan fingerprint density at radius 1 is 1.32 bits per heavy atom. The average Bonchev–Trinajstić information content (AvgIpc) is 2.60. The summed E-state index contributed by atoms with van der Waals surface area (Å²) in [6.07, 6.45) is 0.237. The van der Waals surface area contributed by atoms with E-state index in [9.17, 15) is 14.4 Å². The molecule has 0 aromatic heterocycles. The Hall–Kier alpha value is -2.61. The zero-order valence-electron chi connectivity index (χ0n) is 14.1. The van der Waals surface area contributed by atoms with Crippen LogP contribution in [0, 0.1) is 0 Å². The average molecular weight is 350 g/mol. The van der Waals surface area contributed by atoms with Gasteiger partial charge >= 0.3 is 5.97 Å². The summed E-state index contributed by atoms with van der Waals surface area (Å²) in [6, 6.07) is 6.22. The molecule has 0 aliphatic carbocycles. The molecule has 0 spiro atoms. The van der Waals surface area contributed by atoms with Crippen LogP contribution < -0.4 is 10.1 Å². The number of carbonyl (C=O) groups excluding carboxylic acids is 2. The van der Waals surface area contributed by atoms with Crippen molar-refractivity contribution in [2.45, 2.75) is 25.8 Å². The van der Waals surface area contributed by atoms with E-state index in [1.54, 1.807) is 31.2 Å². The number of nitrogens with zero attached hydrogens (tertiary/aromatic N) is 1. The molecule has 0 unspecified atom stereocenters. The second-order valence-electron chi connectivity index (χ2n) is 5.63. The number of hydrogen-bond acceptors (Lipinski definition) is 5. The summed E-state index contributed by atoms with van der Waals surface area (Å²) in [5.74, 6) is -0.844. The predicted molar refractivity (Wildman–Crippen MR) is 89.4 cm³/mol. The van der Waals surface area contributed by atoms with Gasteiger partial charge in [0.25, 0.3) is 5.91 Å². The Kier molecular flexibility index (Phi) is 6.76. The monoisotopic (exact) mass is 350 g/mol. The number of benzene rings is 1. The van der Waals surface area contributed by atoms with Gasteiger partial charge in [-0.3, -0.25) is 14.4 Å². The molecule has 1 fully saturated rings. The number of amides is 2. The highest BCUT2D eigenvalue weighted by atomic mass is 16.5. The van der Waals surface area contributed by atoms with Crippen LogP contribution in [0.1, 0.15) is 19.8 Å². The molecule has 1 aromatic rings. The summed E-state index contributed by atoms with van der Waals surface area (Å²) < 4.78 is 10.7. The second-order valence-corrected chi connectivity index (χ2v) is 5.63. The van der Waals surface area contributed by atoms with Gasteiger partial charge in [-0.25, -0.2) is 0 Å². The van der Waals surface area contributed by atoms with E-state index >= 15 is 0 Å². The maximum absolute atomic E-state index is 12.3. The number of anilines is 1. The Morgan fingerprint density at radius 3 is 2.68 bits per heavy atom. The van der Waals surface area contributed by atoms with Gasteiger partial charge in [-0.15, -0.1) is 0 Å². The normalized spacial score (nSPS) is 17.0. The molecule has 1 atom stereocenters. The molecule has 0 bridgehead atoms. The first-order valence-electron chi connectivity index (χ1n) is 8.11. The maximum Gasteiger partial charge on any atom is 0.305 e.